The Kier molecular flexibility index (Phi) is 3.03. The van der Waals surface area contributed by atoms with Crippen LogP contribution in [-0.2, 0) is 15.7 Å². The largest absolute Gasteiger partial charge is 0.469 e. The Labute approximate surface area is 91.9 Å². The number of hydrogen-bond donors (Lipinski definition) is 2. The molecule has 0 spiro atoms. The molecule has 0 aliphatic carbocycles. The minimum absolute atomic E-state index is 0.116. The van der Waals surface area contributed by atoms with Crippen LogP contribution in [0.2, 0.25) is 0 Å². The quantitative estimate of drug-likeness (QED) is 0.799. The summed E-state index contributed by atoms with van der Waals surface area (Å²) in [7, 11) is -4.41. The molecule has 2 rings (SSSR count). The second-order valence-corrected chi connectivity index (χ2v) is 4.53. The van der Waals surface area contributed by atoms with Crippen LogP contribution in [0.25, 0.3) is 10.9 Å². The summed E-state index contributed by atoms with van der Waals surface area (Å²) in [5.41, 5.74) is 1.53. The van der Waals surface area contributed by atoms with Crippen LogP contribution in [0.5, 0.6) is 0 Å². The first-order valence-corrected chi connectivity index (χ1v) is 6.11. The molecule has 0 radical (unpaired) electrons. The van der Waals surface area contributed by atoms with E-state index in [1.807, 2.05) is 6.07 Å². The van der Waals surface area contributed by atoms with Gasteiger partial charge < -0.3 is 9.79 Å². The molecule has 2 N–H and O–H groups in total. The van der Waals surface area contributed by atoms with Crippen LogP contribution in [-0.4, -0.2) is 14.8 Å². The van der Waals surface area contributed by atoms with Gasteiger partial charge in [-0.05, 0) is 23.8 Å². The van der Waals surface area contributed by atoms with Crippen molar-refractivity contribution in [1.29, 1.82) is 0 Å². The molecule has 0 saturated carbocycles. The average Bonchev–Trinajstić information content (AvgIpc) is 2.25. The number of phosphoric ester groups is 1. The number of pyridine rings is 1. The van der Waals surface area contributed by atoms with Gasteiger partial charge in [0, 0.05) is 11.6 Å². The molecular weight excluding hydrogens is 229 g/mol. The second-order valence-electron chi connectivity index (χ2n) is 3.29. The molecule has 0 fully saturated rings. The van der Waals surface area contributed by atoms with E-state index >= 15 is 0 Å². The van der Waals surface area contributed by atoms with Gasteiger partial charge >= 0.3 is 7.82 Å². The van der Waals surface area contributed by atoms with Crippen LogP contribution in [0.15, 0.2) is 36.5 Å². The Balaban J connectivity index is 2.23. The molecule has 0 aliphatic heterocycles. The molecule has 0 atom stereocenters. The monoisotopic (exact) mass is 239 g/mol. The standard InChI is InChI=1S/C10H10NO4P/c12-16(13,14)15-7-8-3-4-10-9(6-8)2-1-5-11-10/h1-6H,7H2,(H2,12,13,14). The van der Waals surface area contributed by atoms with Crippen LogP contribution in [0.3, 0.4) is 0 Å². The first-order chi connectivity index (χ1) is 7.54. The lowest BCUT2D eigenvalue weighted by atomic mass is 10.1. The van der Waals surface area contributed by atoms with Gasteiger partial charge in [-0.1, -0.05) is 12.1 Å². The third kappa shape index (κ3) is 2.87. The fourth-order valence-electron chi connectivity index (χ4n) is 1.37. The Morgan fingerprint density at radius 2 is 2.12 bits per heavy atom. The SMILES string of the molecule is O=P(O)(O)OCc1ccc2ncccc2c1. The Hall–Kier alpha value is -1.26. The van der Waals surface area contributed by atoms with E-state index in [2.05, 4.69) is 9.51 Å². The second kappa shape index (κ2) is 4.31. The number of nitrogens with zero attached hydrogens (tertiary/aromatic N) is 1. The van der Waals surface area contributed by atoms with Crippen molar-refractivity contribution in [3.63, 3.8) is 0 Å². The number of rotatable bonds is 3. The minimum atomic E-state index is -4.41. The molecule has 0 bridgehead atoms. The normalized spacial score (nSPS) is 11.9. The van der Waals surface area contributed by atoms with Crippen molar-refractivity contribution in [1.82, 2.24) is 4.98 Å². The molecule has 5 nitrogen and oxygen atoms in total. The molecule has 84 valence electrons. The van der Waals surface area contributed by atoms with E-state index in [0.29, 0.717) is 5.56 Å². The number of fused-ring (bicyclic) bond motifs is 1. The van der Waals surface area contributed by atoms with E-state index in [1.165, 1.54) is 0 Å². The van der Waals surface area contributed by atoms with E-state index in [4.69, 9.17) is 9.79 Å². The van der Waals surface area contributed by atoms with Gasteiger partial charge in [0.05, 0.1) is 12.1 Å². The molecule has 0 unspecified atom stereocenters. The molecule has 0 amide bonds. The highest BCUT2D eigenvalue weighted by molar-refractivity contribution is 7.46. The lowest BCUT2D eigenvalue weighted by molar-refractivity contribution is 0.189. The third-order valence-corrected chi connectivity index (χ3v) is 2.53. The van der Waals surface area contributed by atoms with Crippen molar-refractivity contribution in [2.45, 2.75) is 6.61 Å². The van der Waals surface area contributed by atoms with E-state index in [-0.39, 0.29) is 6.61 Å². The van der Waals surface area contributed by atoms with Gasteiger partial charge in [0.25, 0.3) is 0 Å². The zero-order chi connectivity index (χ0) is 11.6. The van der Waals surface area contributed by atoms with Crippen molar-refractivity contribution in [3.05, 3.63) is 42.1 Å². The van der Waals surface area contributed by atoms with Gasteiger partial charge in [0.1, 0.15) is 0 Å². The predicted octanol–water partition coefficient (Wildman–Crippen LogP) is 1.84. The van der Waals surface area contributed by atoms with Gasteiger partial charge in [0.15, 0.2) is 0 Å². The van der Waals surface area contributed by atoms with Gasteiger partial charge in [-0.25, -0.2) is 4.57 Å². The average molecular weight is 239 g/mol. The predicted molar refractivity (Wildman–Crippen MR) is 58.6 cm³/mol. The summed E-state index contributed by atoms with van der Waals surface area (Å²) in [4.78, 5) is 21.3. The summed E-state index contributed by atoms with van der Waals surface area (Å²) in [5.74, 6) is 0. The van der Waals surface area contributed by atoms with Crippen molar-refractivity contribution in [3.8, 4) is 0 Å². The molecule has 2 aromatic rings. The Bertz CT molecular complexity index is 551. The molecule has 16 heavy (non-hydrogen) atoms. The summed E-state index contributed by atoms with van der Waals surface area (Å²) in [5, 5.41) is 0.911. The highest BCUT2D eigenvalue weighted by Gasteiger charge is 2.13. The van der Waals surface area contributed by atoms with Crippen LogP contribution in [0.4, 0.5) is 0 Å². The summed E-state index contributed by atoms with van der Waals surface area (Å²) < 4.78 is 14.9. The molecule has 1 heterocycles. The third-order valence-electron chi connectivity index (χ3n) is 2.07. The van der Waals surface area contributed by atoms with Crippen molar-refractivity contribution in [2.24, 2.45) is 0 Å². The minimum Gasteiger partial charge on any atom is -0.303 e. The first kappa shape index (κ1) is 11.2. The molecule has 0 aliphatic rings. The van der Waals surface area contributed by atoms with Crippen LogP contribution < -0.4 is 0 Å². The zero-order valence-electron chi connectivity index (χ0n) is 8.28. The summed E-state index contributed by atoms with van der Waals surface area (Å²) in [6.07, 6.45) is 1.69. The highest BCUT2D eigenvalue weighted by atomic mass is 31.2. The highest BCUT2D eigenvalue weighted by Crippen LogP contribution is 2.37. The maximum absolute atomic E-state index is 10.5. The van der Waals surface area contributed by atoms with Crippen LogP contribution >= 0.6 is 7.82 Å². The Morgan fingerprint density at radius 1 is 1.31 bits per heavy atom. The Morgan fingerprint density at radius 3 is 2.88 bits per heavy atom. The van der Waals surface area contributed by atoms with Gasteiger partial charge in [-0.15, -0.1) is 0 Å². The lowest BCUT2D eigenvalue weighted by Gasteiger charge is -2.05. The zero-order valence-corrected chi connectivity index (χ0v) is 9.17. The number of hydrogen-bond acceptors (Lipinski definition) is 3. The topological polar surface area (TPSA) is 79.7 Å². The molecule has 1 aromatic carbocycles. The summed E-state index contributed by atoms with van der Waals surface area (Å²) in [6.45, 7) is -0.116. The van der Waals surface area contributed by atoms with Crippen molar-refractivity contribution in [2.75, 3.05) is 0 Å². The smallest absolute Gasteiger partial charge is 0.303 e. The maximum atomic E-state index is 10.5. The van der Waals surface area contributed by atoms with Gasteiger partial charge in [-0.3, -0.25) is 9.51 Å². The fraction of sp³-hybridized carbons (Fsp3) is 0.100. The fourth-order valence-corrected chi connectivity index (χ4v) is 1.69. The lowest BCUT2D eigenvalue weighted by Crippen LogP contribution is -1.91. The number of benzene rings is 1. The first-order valence-electron chi connectivity index (χ1n) is 4.58. The van der Waals surface area contributed by atoms with Crippen molar-refractivity contribution < 1.29 is 18.9 Å². The van der Waals surface area contributed by atoms with Crippen molar-refractivity contribution >= 4 is 18.7 Å². The van der Waals surface area contributed by atoms with Gasteiger partial charge in [-0.2, -0.15) is 0 Å². The summed E-state index contributed by atoms with van der Waals surface area (Å²) >= 11 is 0. The molecule has 6 heteroatoms. The summed E-state index contributed by atoms with van der Waals surface area (Å²) in [6, 6.07) is 8.98. The molecule has 0 saturated heterocycles. The van der Waals surface area contributed by atoms with E-state index in [1.54, 1.807) is 30.5 Å². The van der Waals surface area contributed by atoms with Crippen LogP contribution in [0.1, 0.15) is 5.56 Å². The van der Waals surface area contributed by atoms with Gasteiger partial charge in [0.2, 0.25) is 0 Å². The van der Waals surface area contributed by atoms with E-state index < -0.39 is 7.82 Å². The molecule has 1 aromatic heterocycles. The number of aromatic nitrogens is 1. The van der Waals surface area contributed by atoms with E-state index in [0.717, 1.165) is 10.9 Å². The number of phosphoric acid groups is 1. The maximum Gasteiger partial charge on any atom is 0.469 e. The molecular formula is C10H10NO4P. The van der Waals surface area contributed by atoms with Crippen LogP contribution in [0, 0.1) is 0 Å². The van der Waals surface area contributed by atoms with E-state index in [9.17, 15) is 4.57 Å².